The van der Waals surface area contributed by atoms with Gasteiger partial charge in [0.2, 0.25) is 0 Å². The van der Waals surface area contributed by atoms with Gasteiger partial charge >= 0.3 is 0 Å². The van der Waals surface area contributed by atoms with Crippen LogP contribution in [0.1, 0.15) is 12.0 Å². The minimum absolute atomic E-state index is 0.241. The Morgan fingerprint density at radius 1 is 1.50 bits per heavy atom. The monoisotopic (exact) mass is 251 g/mol. The van der Waals surface area contributed by atoms with Crippen molar-refractivity contribution in [2.24, 2.45) is 0 Å². The van der Waals surface area contributed by atoms with Crippen molar-refractivity contribution in [3.05, 3.63) is 29.8 Å². The van der Waals surface area contributed by atoms with Crippen molar-refractivity contribution in [3.63, 3.8) is 0 Å². The fourth-order valence-corrected chi connectivity index (χ4v) is 2.23. The molecule has 2 atom stereocenters. The van der Waals surface area contributed by atoms with Gasteiger partial charge in [-0.2, -0.15) is 0 Å². The molecule has 0 saturated carbocycles. The van der Waals surface area contributed by atoms with E-state index in [9.17, 15) is 10.2 Å². The van der Waals surface area contributed by atoms with Crippen LogP contribution in [0.4, 0.5) is 0 Å². The summed E-state index contributed by atoms with van der Waals surface area (Å²) in [5, 5.41) is 19.3. The van der Waals surface area contributed by atoms with E-state index in [0.29, 0.717) is 13.1 Å². The van der Waals surface area contributed by atoms with Crippen molar-refractivity contribution in [2.75, 3.05) is 26.2 Å². The van der Waals surface area contributed by atoms with Gasteiger partial charge in [0, 0.05) is 19.6 Å². The van der Waals surface area contributed by atoms with E-state index >= 15 is 0 Å². The van der Waals surface area contributed by atoms with Crippen LogP contribution in [0.5, 0.6) is 5.75 Å². The average molecular weight is 251 g/mol. The average Bonchev–Trinajstić information content (AvgIpc) is 2.72. The van der Waals surface area contributed by atoms with Gasteiger partial charge in [-0.1, -0.05) is 12.1 Å². The zero-order chi connectivity index (χ0) is 13.0. The number of rotatable bonds is 5. The second-order valence-electron chi connectivity index (χ2n) is 4.98. The Balaban J connectivity index is 1.73. The van der Waals surface area contributed by atoms with E-state index in [0.717, 1.165) is 24.3 Å². The molecule has 0 radical (unpaired) electrons. The summed E-state index contributed by atoms with van der Waals surface area (Å²) in [6.45, 7) is 4.36. The summed E-state index contributed by atoms with van der Waals surface area (Å²) in [4.78, 5) is 2.06. The van der Waals surface area contributed by atoms with Gasteiger partial charge in [-0.05, 0) is 31.0 Å². The molecule has 1 aliphatic heterocycles. The van der Waals surface area contributed by atoms with E-state index in [1.165, 1.54) is 0 Å². The lowest BCUT2D eigenvalue weighted by Crippen LogP contribution is -2.34. The van der Waals surface area contributed by atoms with Crippen molar-refractivity contribution >= 4 is 0 Å². The number of aliphatic hydroxyl groups is 2. The summed E-state index contributed by atoms with van der Waals surface area (Å²) in [5.41, 5.74) is 1.14. The number of nitrogens with zero attached hydrogens (tertiary/aromatic N) is 1. The smallest absolute Gasteiger partial charge is 0.119 e. The Bertz CT molecular complexity index is 383. The summed E-state index contributed by atoms with van der Waals surface area (Å²) in [6.07, 6.45) is 0.0385. The second kappa shape index (κ2) is 6.18. The van der Waals surface area contributed by atoms with Crippen LogP contribution in [-0.2, 0) is 0 Å². The van der Waals surface area contributed by atoms with Crippen LogP contribution >= 0.6 is 0 Å². The number of ether oxygens (including phenoxy) is 1. The van der Waals surface area contributed by atoms with Crippen LogP contribution in [0.15, 0.2) is 24.3 Å². The molecule has 0 spiro atoms. The highest BCUT2D eigenvalue weighted by Crippen LogP contribution is 2.13. The van der Waals surface area contributed by atoms with Crippen molar-refractivity contribution in [1.82, 2.24) is 4.90 Å². The Morgan fingerprint density at radius 2 is 2.33 bits per heavy atom. The highest BCUT2D eigenvalue weighted by Gasteiger charge is 2.22. The molecule has 1 fully saturated rings. The van der Waals surface area contributed by atoms with Crippen molar-refractivity contribution in [3.8, 4) is 5.75 Å². The molecule has 0 bridgehead atoms. The Kier molecular flexibility index (Phi) is 4.58. The first-order valence-electron chi connectivity index (χ1n) is 6.41. The van der Waals surface area contributed by atoms with E-state index in [4.69, 9.17) is 4.74 Å². The summed E-state index contributed by atoms with van der Waals surface area (Å²) < 4.78 is 5.55. The lowest BCUT2D eigenvalue weighted by Gasteiger charge is -2.19. The van der Waals surface area contributed by atoms with E-state index in [2.05, 4.69) is 4.90 Å². The molecule has 1 unspecified atom stereocenters. The van der Waals surface area contributed by atoms with Gasteiger partial charge in [-0.25, -0.2) is 0 Å². The second-order valence-corrected chi connectivity index (χ2v) is 4.98. The normalized spacial score (nSPS) is 22.1. The predicted molar refractivity (Wildman–Crippen MR) is 69.7 cm³/mol. The topological polar surface area (TPSA) is 52.9 Å². The first-order chi connectivity index (χ1) is 8.63. The molecule has 2 N–H and O–H groups in total. The molecule has 1 aromatic rings. The standard InChI is InChI=1S/C14H21NO3/c1-11-3-2-4-14(7-11)18-10-13(17)9-15-6-5-12(16)8-15/h2-4,7,12-13,16-17H,5-6,8-10H2,1H3/t12-,13?/m0/s1. The highest BCUT2D eigenvalue weighted by molar-refractivity contribution is 5.27. The molecule has 1 aliphatic rings. The van der Waals surface area contributed by atoms with E-state index in [1.54, 1.807) is 0 Å². The molecule has 0 aromatic heterocycles. The minimum Gasteiger partial charge on any atom is -0.491 e. The molecule has 1 heterocycles. The molecule has 0 aliphatic carbocycles. The Morgan fingerprint density at radius 3 is 3.00 bits per heavy atom. The number of likely N-dealkylation sites (tertiary alicyclic amines) is 1. The lowest BCUT2D eigenvalue weighted by atomic mass is 10.2. The maximum absolute atomic E-state index is 9.88. The van der Waals surface area contributed by atoms with Gasteiger partial charge in [0.25, 0.3) is 0 Å². The maximum atomic E-state index is 9.88. The van der Waals surface area contributed by atoms with E-state index < -0.39 is 6.10 Å². The predicted octanol–water partition coefficient (Wildman–Crippen LogP) is 0.801. The Hall–Kier alpha value is -1.10. The molecule has 2 rings (SSSR count). The third-order valence-electron chi connectivity index (χ3n) is 3.15. The molecule has 0 amide bonds. The highest BCUT2D eigenvalue weighted by atomic mass is 16.5. The van der Waals surface area contributed by atoms with Crippen LogP contribution in [0.25, 0.3) is 0 Å². The van der Waals surface area contributed by atoms with Crippen LogP contribution in [0.3, 0.4) is 0 Å². The van der Waals surface area contributed by atoms with Gasteiger partial charge in [0.1, 0.15) is 18.5 Å². The first-order valence-corrected chi connectivity index (χ1v) is 6.41. The van der Waals surface area contributed by atoms with Gasteiger partial charge < -0.3 is 14.9 Å². The lowest BCUT2D eigenvalue weighted by molar-refractivity contribution is 0.0707. The Labute approximate surface area is 108 Å². The van der Waals surface area contributed by atoms with Crippen molar-refractivity contribution in [1.29, 1.82) is 0 Å². The van der Waals surface area contributed by atoms with Crippen LogP contribution in [0, 0.1) is 6.92 Å². The van der Waals surface area contributed by atoms with Crippen LogP contribution in [-0.4, -0.2) is 53.6 Å². The maximum Gasteiger partial charge on any atom is 0.119 e. The summed E-state index contributed by atoms with van der Waals surface area (Å²) in [6, 6.07) is 7.79. The number of β-amino-alcohol motifs (C(OH)–C–C–N with tert-alkyl or cyclic N) is 2. The number of benzene rings is 1. The van der Waals surface area contributed by atoms with E-state index in [-0.39, 0.29) is 12.7 Å². The number of hydrogen-bond donors (Lipinski definition) is 2. The zero-order valence-corrected chi connectivity index (χ0v) is 10.7. The summed E-state index contributed by atoms with van der Waals surface area (Å²) >= 11 is 0. The van der Waals surface area contributed by atoms with Gasteiger partial charge in [0.15, 0.2) is 0 Å². The minimum atomic E-state index is -0.518. The SMILES string of the molecule is Cc1cccc(OCC(O)CN2CC[C@H](O)C2)c1. The van der Waals surface area contributed by atoms with Gasteiger partial charge in [-0.15, -0.1) is 0 Å². The number of aryl methyl sites for hydroxylation is 1. The third kappa shape index (κ3) is 3.98. The molecule has 18 heavy (non-hydrogen) atoms. The van der Waals surface area contributed by atoms with Crippen molar-refractivity contribution in [2.45, 2.75) is 25.6 Å². The zero-order valence-electron chi connectivity index (χ0n) is 10.7. The van der Waals surface area contributed by atoms with Crippen LogP contribution < -0.4 is 4.74 Å². The molecular weight excluding hydrogens is 230 g/mol. The van der Waals surface area contributed by atoms with Crippen LogP contribution in [0.2, 0.25) is 0 Å². The first kappa shape index (κ1) is 13.3. The number of aliphatic hydroxyl groups excluding tert-OH is 2. The molecule has 1 saturated heterocycles. The fourth-order valence-electron chi connectivity index (χ4n) is 2.23. The number of hydrogen-bond acceptors (Lipinski definition) is 4. The molecule has 1 aromatic carbocycles. The fraction of sp³-hybridized carbons (Fsp3) is 0.571. The molecule has 100 valence electrons. The van der Waals surface area contributed by atoms with Crippen molar-refractivity contribution < 1.29 is 14.9 Å². The van der Waals surface area contributed by atoms with E-state index in [1.807, 2.05) is 31.2 Å². The quantitative estimate of drug-likeness (QED) is 0.813. The third-order valence-corrected chi connectivity index (χ3v) is 3.15. The van der Waals surface area contributed by atoms with Gasteiger partial charge in [-0.3, -0.25) is 4.90 Å². The molecule has 4 heteroatoms. The molecule has 4 nitrogen and oxygen atoms in total. The summed E-state index contributed by atoms with van der Waals surface area (Å²) in [7, 11) is 0. The van der Waals surface area contributed by atoms with Gasteiger partial charge in [0.05, 0.1) is 6.10 Å². The molecular formula is C14H21NO3. The summed E-state index contributed by atoms with van der Waals surface area (Å²) in [5.74, 6) is 0.788. The largest absolute Gasteiger partial charge is 0.491 e.